The van der Waals surface area contributed by atoms with Gasteiger partial charge in [-0.1, -0.05) is 11.6 Å². The van der Waals surface area contributed by atoms with Gasteiger partial charge in [0.2, 0.25) is 0 Å². The first-order valence-electron chi connectivity index (χ1n) is 9.78. The van der Waals surface area contributed by atoms with Gasteiger partial charge in [0.15, 0.2) is 5.78 Å². The average molecular weight is 414 g/mol. The van der Waals surface area contributed by atoms with Crippen LogP contribution in [-0.2, 0) is 0 Å². The van der Waals surface area contributed by atoms with Crippen molar-refractivity contribution in [1.29, 1.82) is 0 Å². The first-order chi connectivity index (χ1) is 13.8. The Kier molecular flexibility index (Phi) is 5.03. The number of piperidine rings is 1. The number of fused-ring (bicyclic) bond motifs is 1. The molecule has 0 saturated carbocycles. The summed E-state index contributed by atoms with van der Waals surface area (Å²) in [6.07, 6.45) is 1.57. The number of amides is 1. The number of carbonyl (C=O) groups excluding carboxylic acids is 2. The molecule has 2 heterocycles. The summed E-state index contributed by atoms with van der Waals surface area (Å²) < 4.78 is 11.7. The quantitative estimate of drug-likeness (QED) is 0.721. The fraction of sp³-hybridized carbons (Fsp3) is 0.391. The zero-order chi connectivity index (χ0) is 20.8. The van der Waals surface area contributed by atoms with Gasteiger partial charge in [0.25, 0.3) is 5.91 Å². The van der Waals surface area contributed by atoms with Crippen molar-refractivity contribution < 1.29 is 19.1 Å². The van der Waals surface area contributed by atoms with Crippen molar-refractivity contribution in [3.63, 3.8) is 0 Å². The van der Waals surface area contributed by atoms with Gasteiger partial charge < -0.3 is 14.4 Å². The highest BCUT2D eigenvalue weighted by Crippen LogP contribution is 2.40. The molecule has 5 nitrogen and oxygen atoms in total. The number of carbonyl (C=O) groups is 2. The average Bonchev–Trinajstić information content (AvgIpc) is 2.70. The van der Waals surface area contributed by atoms with Crippen LogP contribution < -0.4 is 9.47 Å². The zero-order valence-corrected chi connectivity index (χ0v) is 17.6. The number of rotatable bonds is 2. The predicted molar refractivity (Wildman–Crippen MR) is 111 cm³/mol. The molecule has 0 radical (unpaired) electrons. The van der Waals surface area contributed by atoms with Gasteiger partial charge in [-0.25, -0.2) is 0 Å². The number of ketones is 1. The number of Topliss-reactive ketones (excluding diaryl/α,β-unsaturated/α-hetero) is 1. The van der Waals surface area contributed by atoms with E-state index in [1.54, 1.807) is 23.1 Å². The summed E-state index contributed by atoms with van der Waals surface area (Å²) in [4.78, 5) is 27.6. The minimum Gasteiger partial charge on any atom is -0.496 e. The fourth-order valence-electron chi connectivity index (χ4n) is 4.16. The van der Waals surface area contributed by atoms with Gasteiger partial charge in [-0.15, -0.1) is 0 Å². The third kappa shape index (κ3) is 3.60. The molecule has 0 aromatic heterocycles. The number of methoxy groups -OCH3 is 1. The molecule has 0 atom stereocenters. The van der Waals surface area contributed by atoms with E-state index in [9.17, 15) is 9.59 Å². The molecule has 152 valence electrons. The van der Waals surface area contributed by atoms with Gasteiger partial charge in [-0.05, 0) is 55.3 Å². The molecular weight excluding hydrogens is 390 g/mol. The number of hydrogen-bond donors (Lipinski definition) is 0. The SMILES string of the molecule is COc1ccc(Cl)cc1C(=O)N1CCC2(CC1)CC(=O)c1cc(C)c(C)cc1O2. The Morgan fingerprint density at radius 2 is 1.83 bits per heavy atom. The van der Waals surface area contributed by atoms with Crippen LogP contribution in [0.5, 0.6) is 11.5 Å². The summed E-state index contributed by atoms with van der Waals surface area (Å²) >= 11 is 6.08. The summed E-state index contributed by atoms with van der Waals surface area (Å²) in [6.45, 7) is 5.05. The molecule has 0 bridgehead atoms. The van der Waals surface area contributed by atoms with Crippen LogP contribution in [0.25, 0.3) is 0 Å². The van der Waals surface area contributed by atoms with Crippen LogP contribution in [0.3, 0.4) is 0 Å². The molecule has 2 aromatic carbocycles. The number of likely N-dealkylation sites (tertiary alicyclic amines) is 1. The van der Waals surface area contributed by atoms with E-state index in [0.717, 1.165) is 11.1 Å². The van der Waals surface area contributed by atoms with E-state index >= 15 is 0 Å². The lowest BCUT2D eigenvalue weighted by Crippen LogP contribution is -2.52. The molecule has 0 N–H and O–H groups in total. The number of nitrogens with zero attached hydrogens (tertiary/aromatic N) is 1. The van der Waals surface area contributed by atoms with Gasteiger partial charge in [-0.3, -0.25) is 9.59 Å². The number of benzene rings is 2. The second-order valence-electron chi connectivity index (χ2n) is 7.95. The molecule has 1 amide bonds. The van der Waals surface area contributed by atoms with Crippen molar-refractivity contribution in [2.45, 2.75) is 38.7 Å². The molecule has 2 aromatic rings. The normalized spacial score (nSPS) is 17.7. The number of halogens is 1. The third-order valence-corrected chi connectivity index (χ3v) is 6.29. The van der Waals surface area contributed by atoms with Gasteiger partial charge >= 0.3 is 0 Å². The summed E-state index contributed by atoms with van der Waals surface area (Å²) in [5, 5.41) is 0.492. The molecule has 0 aliphatic carbocycles. The van der Waals surface area contributed by atoms with Crippen LogP contribution in [0.1, 0.15) is 51.1 Å². The number of ether oxygens (including phenoxy) is 2. The minimum atomic E-state index is -0.541. The molecule has 6 heteroatoms. The van der Waals surface area contributed by atoms with Gasteiger partial charge in [0, 0.05) is 31.0 Å². The fourth-order valence-corrected chi connectivity index (χ4v) is 4.34. The Bertz CT molecular complexity index is 993. The smallest absolute Gasteiger partial charge is 0.257 e. The van der Waals surface area contributed by atoms with Gasteiger partial charge in [0.1, 0.15) is 17.1 Å². The summed E-state index contributed by atoms with van der Waals surface area (Å²) in [6, 6.07) is 8.91. The molecule has 0 unspecified atom stereocenters. The lowest BCUT2D eigenvalue weighted by atomic mass is 9.81. The van der Waals surface area contributed by atoms with Crippen LogP contribution in [0.4, 0.5) is 0 Å². The van der Waals surface area contributed by atoms with E-state index in [4.69, 9.17) is 21.1 Å². The van der Waals surface area contributed by atoms with E-state index in [1.807, 2.05) is 26.0 Å². The summed E-state index contributed by atoms with van der Waals surface area (Å²) in [5.74, 6) is 1.17. The highest BCUT2D eigenvalue weighted by Gasteiger charge is 2.44. The standard InChI is InChI=1S/C23H24ClNO4/c1-14-10-17-19(26)13-23(29-21(17)11-15(14)2)6-8-25(9-7-23)22(27)18-12-16(24)4-5-20(18)28-3/h4-5,10-12H,6-9,13H2,1-3H3. The highest BCUT2D eigenvalue weighted by molar-refractivity contribution is 6.31. The van der Waals surface area contributed by atoms with Crippen LogP contribution in [0, 0.1) is 13.8 Å². The maximum atomic E-state index is 13.0. The first kappa shape index (κ1) is 19.8. The van der Waals surface area contributed by atoms with E-state index in [-0.39, 0.29) is 11.7 Å². The van der Waals surface area contributed by atoms with Crippen molar-refractivity contribution in [1.82, 2.24) is 4.90 Å². The van der Waals surface area contributed by atoms with Crippen LogP contribution in [0.2, 0.25) is 5.02 Å². The Labute approximate surface area is 175 Å². The van der Waals surface area contributed by atoms with Gasteiger partial charge in [-0.2, -0.15) is 0 Å². The Morgan fingerprint density at radius 3 is 2.52 bits per heavy atom. The molecule has 1 spiro atoms. The molecular formula is C23H24ClNO4. The lowest BCUT2D eigenvalue weighted by Gasteiger charge is -2.44. The summed E-state index contributed by atoms with van der Waals surface area (Å²) in [7, 11) is 1.54. The van der Waals surface area contributed by atoms with Crippen molar-refractivity contribution in [3.8, 4) is 11.5 Å². The van der Waals surface area contributed by atoms with Crippen molar-refractivity contribution in [2.24, 2.45) is 0 Å². The van der Waals surface area contributed by atoms with E-state index < -0.39 is 5.60 Å². The molecule has 1 fully saturated rings. The maximum absolute atomic E-state index is 13.0. The summed E-state index contributed by atoms with van der Waals surface area (Å²) in [5.41, 5.74) is 2.77. The second kappa shape index (κ2) is 7.38. The Hall–Kier alpha value is -2.53. The topological polar surface area (TPSA) is 55.8 Å². The first-order valence-corrected chi connectivity index (χ1v) is 10.2. The highest BCUT2D eigenvalue weighted by atomic mass is 35.5. The Balaban J connectivity index is 1.52. The number of aryl methyl sites for hydroxylation is 2. The molecule has 1 saturated heterocycles. The van der Waals surface area contributed by atoms with Crippen LogP contribution >= 0.6 is 11.6 Å². The van der Waals surface area contributed by atoms with Crippen LogP contribution in [0.15, 0.2) is 30.3 Å². The largest absolute Gasteiger partial charge is 0.496 e. The van der Waals surface area contributed by atoms with E-state index in [0.29, 0.717) is 60.0 Å². The number of hydrogen-bond acceptors (Lipinski definition) is 4. The van der Waals surface area contributed by atoms with Crippen molar-refractivity contribution >= 4 is 23.3 Å². The third-order valence-electron chi connectivity index (χ3n) is 6.06. The maximum Gasteiger partial charge on any atom is 0.257 e. The van der Waals surface area contributed by atoms with Crippen molar-refractivity contribution in [2.75, 3.05) is 20.2 Å². The lowest BCUT2D eigenvalue weighted by molar-refractivity contribution is -0.00580. The van der Waals surface area contributed by atoms with Crippen LogP contribution in [-0.4, -0.2) is 42.4 Å². The molecule has 29 heavy (non-hydrogen) atoms. The zero-order valence-electron chi connectivity index (χ0n) is 16.9. The second-order valence-corrected chi connectivity index (χ2v) is 8.39. The van der Waals surface area contributed by atoms with Crippen molar-refractivity contribution in [3.05, 3.63) is 57.6 Å². The predicted octanol–water partition coefficient (Wildman–Crippen LogP) is 4.61. The molecule has 2 aliphatic heterocycles. The minimum absolute atomic E-state index is 0.116. The Morgan fingerprint density at radius 1 is 1.14 bits per heavy atom. The molecule has 2 aliphatic rings. The van der Waals surface area contributed by atoms with E-state index in [2.05, 4.69) is 0 Å². The van der Waals surface area contributed by atoms with E-state index in [1.165, 1.54) is 7.11 Å². The monoisotopic (exact) mass is 413 g/mol. The van der Waals surface area contributed by atoms with Gasteiger partial charge in [0.05, 0.1) is 24.7 Å². The molecule has 4 rings (SSSR count).